The number of esters is 3. The van der Waals surface area contributed by atoms with Crippen molar-refractivity contribution in [1.82, 2.24) is 0 Å². The summed E-state index contributed by atoms with van der Waals surface area (Å²) in [5, 5.41) is 30.2. The molecular formula is C24H38O12. The smallest absolute Gasteiger partial charge is 0.426 e. The second kappa shape index (κ2) is 16.6. The summed E-state index contributed by atoms with van der Waals surface area (Å²) < 4.78 is 31.9. The number of carbonyl (C=O) groups is 3. The summed E-state index contributed by atoms with van der Waals surface area (Å²) in [5.41, 5.74) is -2.01. The van der Waals surface area contributed by atoms with Gasteiger partial charge in [-0.2, -0.15) is 0 Å². The van der Waals surface area contributed by atoms with Crippen LogP contribution in [-0.4, -0.2) is 78.8 Å². The van der Waals surface area contributed by atoms with Crippen molar-refractivity contribution >= 4 is 17.9 Å². The van der Waals surface area contributed by atoms with E-state index in [-0.39, 0.29) is 43.0 Å². The van der Waals surface area contributed by atoms with Crippen molar-refractivity contribution in [3.8, 4) is 0 Å². The van der Waals surface area contributed by atoms with Crippen molar-refractivity contribution in [2.75, 3.05) is 39.6 Å². The van der Waals surface area contributed by atoms with Crippen LogP contribution in [-0.2, 0) is 42.8 Å². The minimum atomic E-state index is -2.51. The predicted octanol–water partition coefficient (Wildman–Crippen LogP) is 1.44. The van der Waals surface area contributed by atoms with Crippen LogP contribution in [0.4, 0.5) is 0 Å². The Morgan fingerprint density at radius 2 is 0.944 bits per heavy atom. The van der Waals surface area contributed by atoms with Crippen molar-refractivity contribution in [3.05, 3.63) is 35.5 Å². The molecule has 36 heavy (non-hydrogen) atoms. The van der Waals surface area contributed by atoms with Crippen LogP contribution < -0.4 is 0 Å². The van der Waals surface area contributed by atoms with E-state index < -0.39 is 49.1 Å². The Labute approximate surface area is 211 Å². The lowest BCUT2D eigenvalue weighted by molar-refractivity contribution is -0.390. The number of aliphatic hydroxyl groups is 3. The highest BCUT2D eigenvalue weighted by Gasteiger charge is 2.58. The quantitative estimate of drug-likeness (QED) is 0.0834. The second-order valence-corrected chi connectivity index (χ2v) is 7.54. The van der Waals surface area contributed by atoms with Crippen LogP contribution in [0.5, 0.6) is 0 Å². The van der Waals surface area contributed by atoms with E-state index in [2.05, 4.69) is 0 Å². The van der Waals surface area contributed by atoms with Gasteiger partial charge in [0.25, 0.3) is 0 Å². The molecule has 3 N–H and O–H groups in total. The zero-order valence-electron chi connectivity index (χ0n) is 21.7. The van der Waals surface area contributed by atoms with Gasteiger partial charge in [-0.3, -0.25) is 0 Å². The fraction of sp³-hybridized carbons (Fsp3) is 0.625. The first-order valence-electron chi connectivity index (χ1n) is 11.4. The normalized spacial score (nSPS) is 13.1. The lowest BCUT2D eigenvalue weighted by Crippen LogP contribution is -2.57. The van der Waals surface area contributed by atoms with Gasteiger partial charge in [-0.25, -0.2) is 14.4 Å². The predicted molar refractivity (Wildman–Crippen MR) is 125 cm³/mol. The highest BCUT2D eigenvalue weighted by Crippen LogP contribution is 2.41. The van der Waals surface area contributed by atoms with E-state index in [1.54, 1.807) is 20.8 Å². The van der Waals surface area contributed by atoms with Crippen molar-refractivity contribution in [2.45, 2.75) is 53.9 Å². The van der Waals surface area contributed by atoms with E-state index >= 15 is 0 Å². The van der Waals surface area contributed by atoms with Crippen LogP contribution in [0.1, 0.15) is 48.0 Å². The third kappa shape index (κ3) is 9.17. The Hall–Kier alpha value is -3.09. The highest BCUT2D eigenvalue weighted by molar-refractivity contribution is 5.88. The molecule has 0 saturated carbocycles. The van der Waals surface area contributed by atoms with E-state index in [9.17, 15) is 29.7 Å². The van der Waals surface area contributed by atoms with E-state index in [0.717, 1.165) is 18.8 Å². The Balaban J connectivity index is 6.86. The first-order chi connectivity index (χ1) is 17.0. The Morgan fingerprint density at radius 3 is 1.17 bits per heavy atom. The van der Waals surface area contributed by atoms with Crippen LogP contribution in [0.15, 0.2) is 35.5 Å². The molecule has 0 aromatic carbocycles. The summed E-state index contributed by atoms with van der Waals surface area (Å²) in [4.78, 5) is 36.3. The molecule has 0 saturated heterocycles. The second-order valence-electron chi connectivity index (χ2n) is 7.54. The van der Waals surface area contributed by atoms with Crippen LogP contribution >= 0.6 is 0 Å². The number of hydrogen-bond donors (Lipinski definition) is 3. The zero-order valence-corrected chi connectivity index (χ0v) is 21.7. The number of hydrogen-bond acceptors (Lipinski definition) is 12. The zero-order chi connectivity index (χ0) is 27.8. The van der Waals surface area contributed by atoms with Crippen molar-refractivity contribution in [1.29, 1.82) is 0 Å². The molecule has 0 aliphatic rings. The summed E-state index contributed by atoms with van der Waals surface area (Å²) in [6.45, 7) is 6.95. The van der Waals surface area contributed by atoms with E-state index in [4.69, 9.17) is 28.4 Å². The average molecular weight is 519 g/mol. The standard InChI is InChI=1S/C24H38O12/c1-7-31-20(28)17(4)12-34-24(23(15-26,16-27)10-11-25,35-13-18(5)21(29)32-8-2)36-14-19(6)22(30)33-9-3/h12-14,25-27H,7-11,15-16H2,1-6H3/b17-12+,18-13+,19-14+. The van der Waals surface area contributed by atoms with Crippen molar-refractivity contribution in [3.63, 3.8) is 0 Å². The van der Waals surface area contributed by atoms with Crippen LogP contribution in [0, 0.1) is 5.41 Å². The molecule has 0 aromatic heterocycles. The maximum atomic E-state index is 12.1. The van der Waals surface area contributed by atoms with E-state index in [1.807, 2.05) is 0 Å². The molecule has 12 nitrogen and oxygen atoms in total. The largest absolute Gasteiger partial charge is 0.463 e. The molecule has 0 aliphatic heterocycles. The van der Waals surface area contributed by atoms with Gasteiger partial charge in [0.1, 0.15) is 24.2 Å². The summed E-state index contributed by atoms with van der Waals surface area (Å²) in [6.07, 6.45) is 2.41. The van der Waals surface area contributed by atoms with Gasteiger partial charge in [0, 0.05) is 6.61 Å². The fourth-order valence-electron chi connectivity index (χ4n) is 2.60. The van der Waals surface area contributed by atoms with E-state index in [0.29, 0.717) is 0 Å². The highest BCUT2D eigenvalue weighted by atomic mass is 16.9. The van der Waals surface area contributed by atoms with Gasteiger partial charge >= 0.3 is 23.9 Å². The average Bonchev–Trinajstić information content (AvgIpc) is 2.86. The molecule has 0 spiro atoms. The third-order valence-corrected chi connectivity index (χ3v) is 4.81. The molecule has 0 heterocycles. The lowest BCUT2D eigenvalue weighted by Gasteiger charge is -2.44. The van der Waals surface area contributed by atoms with Gasteiger partial charge in [-0.1, -0.05) is 0 Å². The molecular weight excluding hydrogens is 480 g/mol. The molecule has 12 heteroatoms. The van der Waals surface area contributed by atoms with Crippen LogP contribution in [0.2, 0.25) is 0 Å². The van der Waals surface area contributed by atoms with Crippen molar-refractivity contribution < 1.29 is 58.1 Å². The SMILES string of the molecule is CCOC(=O)/C(C)=C/OC(O/C=C(\C)C(=O)OCC)(O/C=C(\C)C(=O)OCC)C(CO)(CO)CCO. The van der Waals surface area contributed by atoms with Gasteiger partial charge in [-0.15, -0.1) is 0 Å². The molecule has 0 radical (unpaired) electrons. The molecule has 0 rings (SSSR count). The maximum absolute atomic E-state index is 12.1. The molecule has 0 atom stereocenters. The molecule has 206 valence electrons. The maximum Gasteiger partial charge on any atom is 0.426 e. The summed E-state index contributed by atoms with van der Waals surface area (Å²) >= 11 is 0. The van der Waals surface area contributed by atoms with Gasteiger partial charge in [0.2, 0.25) is 0 Å². The van der Waals surface area contributed by atoms with E-state index in [1.165, 1.54) is 20.8 Å². The minimum absolute atomic E-state index is 0.0422. The van der Waals surface area contributed by atoms with Gasteiger partial charge in [0.15, 0.2) is 0 Å². The molecule has 0 unspecified atom stereocenters. The minimum Gasteiger partial charge on any atom is -0.463 e. The molecule has 0 amide bonds. The Kier molecular flexibility index (Phi) is 15.1. The first kappa shape index (κ1) is 32.9. The van der Waals surface area contributed by atoms with Crippen LogP contribution in [0.25, 0.3) is 0 Å². The van der Waals surface area contributed by atoms with Crippen molar-refractivity contribution in [2.24, 2.45) is 5.41 Å². The van der Waals surface area contributed by atoms with Gasteiger partial charge in [0.05, 0.1) is 49.8 Å². The number of aliphatic hydroxyl groups excluding tert-OH is 3. The Morgan fingerprint density at radius 1 is 0.639 bits per heavy atom. The third-order valence-electron chi connectivity index (χ3n) is 4.81. The van der Waals surface area contributed by atoms with Gasteiger partial charge < -0.3 is 43.7 Å². The topological polar surface area (TPSA) is 167 Å². The number of carbonyl (C=O) groups excluding carboxylic acids is 3. The van der Waals surface area contributed by atoms with Crippen LogP contribution in [0.3, 0.4) is 0 Å². The first-order valence-corrected chi connectivity index (χ1v) is 11.4. The molecule has 0 aliphatic carbocycles. The fourth-order valence-corrected chi connectivity index (χ4v) is 2.60. The number of ether oxygens (including phenoxy) is 6. The monoisotopic (exact) mass is 518 g/mol. The molecule has 0 fully saturated rings. The summed E-state index contributed by atoms with van der Waals surface area (Å²) in [5.74, 6) is -4.70. The summed E-state index contributed by atoms with van der Waals surface area (Å²) in [6, 6.07) is 0. The van der Waals surface area contributed by atoms with Gasteiger partial charge in [-0.05, 0) is 48.0 Å². The summed E-state index contributed by atoms with van der Waals surface area (Å²) in [7, 11) is 0. The molecule has 0 aromatic rings. The lowest BCUT2D eigenvalue weighted by atomic mass is 9.83. The Bertz CT molecular complexity index is 720. The number of rotatable bonds is 17. The molecule has 0 bridgehead atoms.